The van der Waals surface area contributed by atoms with Gasteiger partial charge in [0.25, 0.3) is 0 Å². The molecule has 0 fully saturated rings. The molecule has 0 amide bonds. The van der Waals surface area contributed by atoms with Crippen molar-refractivity contribution in [1.82, 2.24) is 4.98 Å². The van der Waals surface area contributed by atoms with Crippen LogP contribution in [0.3, 0.4) is 0 Å². The maximum absolute atomic E-state index is 11.5. The average molecular weight is 335 g/mol. The van der Waals surface area contributed by atoms with Crippen LogP contribution in [-0.4, -0.2) is 17.6 Å². The van der Waals surface area contributed by atoms with Crippen LogP contribution in [0.4, 0.5) is 11.5 Å². The molecular weight excluding hydrogens is 320 g/mol. The fourth-order valence-corrected chi connectivity index (χ4v) is 2.03. The number of anilines is 2. The lowest BCUT2D eigenvalue weighted by Gasteiger charge is -2.09. The lowest BCUT2D eigenvalue weighted by Crippen LogP contribution is -2.05. The number of esters is 1. The van der Waals surface area contributed by atoms with Gasteiger partial charge in [-0.3, -0.25) is 0 Å². The fraction of sp³-hybridized carbons (Fsp3) is 0.200. The summed E-state index contributed by atoms with van der Waals surface area (Å²) in [6.45, 7) is 4.15. The number of pyridine rings is 1. The Hall–Kier alpha value is -1.88. The first-order valence-electron chi connectivity index (χ1n) is 6.26. The molecule has 2 rings (SSSR count). The van der Waals surface area contributed by atoms with Crippen molar-refractivity contribution in [2.45, 2.75) is 13.8 Å². The zero-order valence-electron chi connectivity index (χ0n) is 11.3. The van der Waals surface area contributed by atoms with Gasteiger partial charge in [-0.25, -0.2) is 9.78 Å². The maximum Gasteiger partial charge on any atom is 0.339 e. The minimum atomic E-state index is -0.356. The molecule has 0 radical (unpaired) electrons. The van der Waals surface area contributed by atoms with Gasteiger partial charge in [0.2, 0.25) is 0 Å². The number of hydrogen-bond acceptors (Lipinski definition) is 4. The summed E-state index contributed by atoms with van der Waals surface area (Å²) in [5, 5.41) is 3.22. The van der Waals surface area contributed by atoms with Crippen molar-refractivity contribution in [3.05, 3.63) is 52.1 Å². The topological polar surface area (TPSA) is 51.2 Å². The van der Waals surface area contributed by atoms with E-state index >= 15 is 0 Å². The summed E-state index contributed by atoms with van der Waals surface area (Å²) < 4.78 is 5.91. The van der Waals surface area contributed by atoms with Gasteiger partial charge in [-0.15, -0.1) is 0 Å². The number of benzene rings is 1. The Morgan fingerprint density at radius 3 is 2.80 bits per heavy atom. The van der Waals surface area contributed by atoms with Crippen molar-refractivity contribution in [1.29, 1.82) is 0 Å². The SMILES string of the molecule is CCOC(=O)c1ccc(Nc2cc(Br)ccc2C)nc1. The van der Waals surface area contributed by atoms with E-state index in [0.717, 1.165) is 15.7 Å². The number of rotatable bonds is 4. The van der Waals surface area contributed by atoms with Gasteiger partial charge in [-0.1, -0.05) is 22.0 Å². The normalized spacial score (nSPS) is 10.2. The highest BCUT2D eigenvalue weighted by Gasteiger charge is 2.07. The molecule has 0 aliphatic rings. The molecule has 0 unspecified atom stereocenters. The molecule has 1 aromatic heterocycles. The summed E-state index contributed by atoms with van der Waals surface area (Å²) in [4.78, 5) is 15.7. The third-order valence-corrected chi connectivity index (χ3v) is 3.23. The van der Waals surface area contributed by atoms with Crippen LogP contribution in [0.5, 0.6) is 0 Å². The van der Waals surface area contributed by atoms with E-state index in [1.54, 1.807) is 19.1 Å². The number of aryl methyl sites for hydroxylation is 1. The first-order chi connectivity index (χ1) is 9.60. The van der Waals surface area contributed by atoms with E-state index in [-0.39, 0.29) is 5.97 Å². The zero-order valence-corrected chi connectivity index (χ0v) is 12.9. The Bertz CT molecular complexity index is 612. The highest BCUT2D eigenvalue weighted by molar-refractivity contribution is 9.10. The van der Waals surface area contributed by atoms with Crippen LogP contribution >= 0.6 is 15.9 Å². The monoisotopic (exact) mass is 334 g/mol. The van der Waals surface area contributed by atoms with Crippen molar-refractivity contribution in [2.24, 2.45) is 0 Å². The van der Waals surface area contributed by atoms with Crippen molar-refractivity contribution < 1.29 is 9.53 Å². The Kier molecular flexibility index (Phi) is 4.74. The van der Waals surface area contributed by atoms with Gasteiger partial charge < -0.3 is 10.1 Å². The van der Waals surface area contributed by atoms with Gasteiger partial charge in [0.05, 0.1) is 12.2 Å². The molecule has 0 spiro atoms. The molecule has 5 heteroatoms. The van der Waals surface area contributed by atoms with Gasteiger partial charge in [0.15, 0.2) is 0 Å². The summed E-state index contributed by atoms with van der Waals surface area (Å²) >= 11 is 3.44. The number of nitrogens with one attached hydrogen (secondary N) is 1. The van der Waals surface area contributed by atoms with Gasteiger partial charge in [-0.2, -0.15) is 0 Å². The molecule has 1 aromatic carbocycles. The molecule has 0 bridgehead atoms. The summed E-state index contributed by atoms with van der Waals surface area (Å²) in [6.07, 6.45) is 1.51. The van der Waals surface area contributed by atoms with Gasteiger partial charge >= 0.3 is 5.97 Å². The standard InChI is InChI=1S/C15H15BrN2O2/c1-3-20-15(19)11-5-7-14(17-9-11)18-13-8-12(16)6-4-10(13)2/h4-9H,3H2,1-2H3,(H,17,18). The third-order valence-electron chi connectivity index (χ3n) is 2.74. The number of ether oxygens (including phenoxy) is 1. The Balaban J connectivity index is 2.14. The second-order valence-corrected chi connectivity index (χ2v) is 5.15. The van der Waals surface area contributed by atoms with E-state index in [1.165, 1.54) is 6.20 Å². The van der Waals surface area contributed by atoms with Crippen molar-refractivity contribution in [3.8, 4) is 0 Å². The van der Waals surface area contributed by atoms with Crippen LogP contribution in [0.2, 0.25) is 0 Å². The Labute approximate surface area is 126 Å². The molecule has 0 saturated carbocycles. The molecule has 1 N–H and O–H groups in total. The molecule has 0 saturated heterocycles. The van der Waals surface area contributed by atoms with Gasteiger partial charge in [-0.05, 0) is 43.7 Å². The van der Waals surface area contributed by atoms with E-state index in [1.807, 2.05) is 25.1 Å². The smallest absolute Gasteiger partial charge is 0.339 e. The van der Waals surface area contributed by atoms with Crippen LogP contribution in [0.15, 0.2) is 41.0 Å². The Morgan fingerprint density at radius 2 is 2.15 bits per heavy atom. The molecule has 2 aromatic rings. The molecule has 20 heavy (non-hydrogen) atoms. The molecule has 0 aliphatic heterocycles. The third kappa shape index (κ3) is 3.57. The molecule has 0 aliphatic carbocycles. The van der Waals surface area contributed by atoms with E-state index in [2.05, 4.69) is 26.2 Å². The van der Waals surface area contributed by atoms with Gasteiger partial charge in [0, 0.05) is 16.4 Å². The summed E-state index contributed by atoms with van der Waals surface area (Å²) in [6, 6.07) is 9.43. The molecule has 104 valence electrons. The molecule has 0 atom stereocenters. The van der Waals surface area contributed by atoms with Crippen molar-refractivity contribution >= 4 is 33.4 Å². The lowest BCUT2D eigenvalue weighted by atomic mass is 10.2. The van der Waals surface area contributed by atoms with E-state index in [9.17, 15) is 4.79 Å². The molecule has 4 nitrogen and oxygen atoms in total. The Morgan fingerprint density at radius 1 is 1.35 bits per heavy atom. The summed E-state index contributed by atoms with van der Waals surface area (Å²) in [7, 11) is 0. The number of carbonyl (C=O) groups is 1. The van der Waals surface area contributed by atoms with Crippen molar-refractivity contribution in [2.75, 3.05) is 11.9 Å². The minimum Gasteiger partial charge on any atom is -0.462 e. The fourth-order valence-electron chi connectivity index (χ4n) is 1.67. The number of carbonyl (C=O) groups excluding carboxylic acids is 1. The first-order valence-corrected chi connectivity index (χ1v) is 7.06. The largest absolute Gasteiger partial charge is 0.462 e. The van der Waals surface area contributed by atoms with Gasteiger partial charge in [0.1, 0.15) is 5.82 Å². The van der Waals surface area contributed by atoms with Crippen LogP contribution in [0.25, 0.3) is 0 Å². The zero-order chi connectivity index (χ0) is 14.5. The average Bonchev–Trinajstić information content (AvgIpc) is 2.44. The number of halogens is 1. The predicted molar refractivity (Wildman–Crippen MR) is 82.4 cm³/mol. The molecule has 1 heterocycles. The van der Waals surface area contributed by atoms with Crippen LogP contribution in [-0.2, 0) is 4.74 Å². The number of aromatic nitrogens is 1. The quantitative estimate of drug-likeness (QED) is 0.856. The molecular formula is C15H15BrN2O2. The van der Waals surface area contributed by atoms with Crippen LogP contribution in [0, 0.1) is 6.92 Å². The highest BCUT2D eigenvalue weighted by Crippen LogP contribution is 2.23. The maximum atomic E-state index is 11.5. The highest BCUT2D eigenvalue weighted by atomic mass is 79.9. The van der Waals surface area contributed by atoms with E-state index < -0.39 is 0 Å². The summed E-state index contributed by atoms with van der Waals surface area (Å²) in [5.41, 5.74) is 2.53. The van der Waals surface area contributed by atoms with Crippen molar-refractivity contribution in [3.63, 3.8) is 0 Å². The minimum absolute atomic E-state index is 0.356. The lowest BCUT2D eigenvalue weighted by molar-refractivity contribution is 0.0526. The van der Waals surface area contributed by atoms with E-state index in [4.69, 9.17) is 4.74 Å². The van der Waals surface area contributed by atoms with Crippen LogP contribution in [0.1, 0.15) is 22.8 Å². The van der Waals surface area contributed by atoms with Crippen LogP contribution < -0.4 is 5.32 Å². The second kappa shape index (κ2) is 6.52. The second-order valence-electron chi connectivity index (χ2n) is 4.24. The summed E-state index contributed by atoms with van der Waals surface area (Å²) in [5.74, 6) is 0.324. The number of hydrogen-bond donors (Lipinski definition) is 1. The van der Waals surface area contributed by atoms with E-state index in [0.29, 0.717) is 18.0 Å². The predicted octanol–water partition coefficient (Wildman–Crippen LogP) is 4.07. The first kappa shape index (κ1) is 14.5. The number of nitrogens with zero attached hydrogens (tertiary/aromatic N) is 1.